The second-order valence-corrected chi connectivity index (χ2v) is 5.43. The van der Waals surface area contributed by atoms with Crippen molar-refractivity contribution in [1.29, 1.82) is 0 Å². The molecule has 1 N–H and O–H groups in total. The molecule has 1 unspecified atom stereocenters. The quantitative estimate of drug-likeness (QED) is 0.800. The number of hydrogen-bond donors (Lipinski definition) is 1. The molecule has 4 heteroatoms. The molecule has 0 saturated heterocycles. The van der Waals surface area contributed by atoms with Gasteiger partial charge in [-0.3, -0.25) is 4.90 Å². The standard InChI is InChI=1S/C14H21NO2S/c1-12(11-17-3)15(2)10-14-8-7-13(18-14)6-4-5-9-16/h7-8,12,16H,5,9-11H2,1-3H3. The number of ether oxygens (including phenoxy) is 1. The smallest absolute Gasteiger partial charge is 0.0771 e. The Labute approximate surface area is 113 Å². The normalized spacial score (nSPS) is 12.3. The summed E-state index contributed by atoms with van der Waals surface area (Å²) in [4.78, 5) is 4.63. The lowest BCUT2D eigenvalue weighted by Crippen LogP contribution is -2.31. The van der Waals surface area contributed by atoms with Gasteiger partial charge in [0.2, 0.25) is 0 Å². The second kappa shape index (κ2) is 8.28. The van der Waals surface area contributed by atoms with E-state index in [4.69, 9.17) is 9.84 Å². The third-order valence-electron chi connectivity index (χ3n) is 2.68. The molecular weight excluding hydrogens is 246 g/mol. The van der Waals surface area contributed by atoms with Crippen molar-refractivity contribution in [2.75, 3.05) is 27.4 Å². The molecular formula is C14H21NO2S. The number of nitrogens with zero attached hydrogens (tertiary/aromatic N) is 1. The van der Waals surface area contributed by atoms with Crippen LogP contribution in [0.4, 0.5) is 0 Å². The Morgan fingerprint density at radius 1 is 1.50 bits per heavy atom. The van der Waals surface area contributed by atoms with Gasteiger partial charge in [0, 0.05) is 31.0 Å². The molecule has 1 aromatic heterocycles. The van der Waals surface area contributed by atoms with E-state index in [0.717, 1.165) is 18.0 Å². The number of methoxy groups -OCH3 is 1. The fourth-order valence-electron chi connectivity index (χ4n) is 1.51. The lowest BCUT2D eigenvalue weighted by molar-refractivity contribution is 0.112. The van der Waals surface area contributed by atoms with Gasteiger partial charge >= 0.3 is 0 Å². The zero-order valence-corrected chi connectivity index (χ0v) is 12.1. The molecule has 1 atom stereocenters. The van der Waals surface area contributed by atoms with Gasteiger partial charge in [-0.2, -0.15) is 0 Å². The molecule has 0 saturated carbocycles. The van der Waals surface area contributed by atoms with Gasteiger partial charge in [0.1, 0.15) is 0 Å². The Balaban J connectivity index is 2.51. The lowest BCUT2D eigenvalue weighted by Gasteiger charge is -2.23. The number of aliphatic hydroxyl groups is 1. The average Bonchev–Trinajstić information content (AvgIpc) is 2.77. The van der Waals surface area contributed by atoms with Crippen LogP contribution in [0.3, 0.4) is 0 Å². The van der Waals surface area contributed by atoms with E-state index in [0.29, 0.717) is 12.5 Å². The van der Waals surface area contributed by atoms with Gasteiger partial charge < -0.3 is 9.84 Å². The van der Waals surface area contributed by atoms with E-state index in [2.05, 4.69) is 36.8 Å². The summed E-state index contributed by atoms with van der Waals surface area (Å²) in [6.07, 6.45) is 0.540. The molecule has 1 heterocycles. The summed E-state index contributed by atoms with van der Waals surface area (Å²) >= 11 is 1.71. The molecule has 0 bridgehead atoms. The predicted octanol–water partition coefficient (Wildman–Crippen LogP) is 1.95. The van der Waals surface area contributed by atoms with Gasteiger partial charge in [-0.25, -0.2) is 0 Å². The highest BCUT2D eigenvalue weighted by Crippen LogP contribution is 2.17. The average molecular weight is 267 g/mol. The maximum atomic E-state index is 8.66. The molecule has 0 radical (unpaired) electrons. The summed E-state index contributed by atoms with van der Waals surface area (Å²) in [5, 5.41) is 8.66. The van der Waals surface area contributed by atoms with E-state index < -0.39 is 0 Å². The molecule has 1 aromatic rings. The summed E-state index contributed by atoms with van der Waals surface area (Å²) in [6, 6.07) is 4.56. The monoisotopic (exact) mass is 267 g/mol. The fourth-order valence-corrected chi connectivity index (χ4v) is 2.45. The zero-order valence-electron chi connectivity index (χ0n) is 11.3. The van der Waals surface area contributed by atoms with Crippen LogP contribution < -0.4 is 0 Å². The van der Waals surface area contributed by atoms with Crippen LogP contribution in [0, 0.1) is 11.8 Å². The first-order valence-corrected chi connectivity index (χ1v) is 6.86. The molecule has 0 amide bonds. The Hall–Kier alpha value is -0.860. The van der Waals surface area contributed by atoms with Crippen molar-refractivity contribution in [2.24, 2.45) is 0 Å². The molecule has 100 valence electrons. The van der Waals surface area contributed by atoms with E-state index in [1.54, 1.807) is 18.4 Å². The topological polar surface area (TPSA) is 32.7 Å². The van der Waals surface area contributed by atoms with Gasteiger partial charge in [-0.15, -0.1) is 11.3 Å². The maximum absolute atomic E-state index is 8.66. The first-order valence-electron chi connectivity index (χ1n) is 6.05. The Bertz CT molecular complexity index is 405. The second-order valence-electron chi connectivity index (χ2n) is 4.26. The van der Waals surface area contributed by atoms with Crippen molar-refractivity contribution in [3.05, 3.63) is 21.9 Å². The lowest BCUT2D eigenvalue weighted by atomic mass is 10.3. The maximum Gasteiger partial charge on any atom is 0.0771 e. The van der Waals surface area contributed by atoms with Crippen LogP contribution in [0.25, 0.3) is 0 Å². The van der Waals surface area contributed by atoms with Crippen LogP contribution in [0.1, 0.15) is 23.1 Å². The summed E-state index contributed by atoms with van der Waals surface area (Å²) < 4.78 is 5.15. The van der Waals surface area contributed by atoms with Crippen molar-refractivity contribution in [3.63, 3.8) is 0 Å². The molecule has 0 aliphatic carbocycles. The van der Waals surface area contributed by atoms with E-state index >= 15 is 0 Å². The van der Waals surface area contributed by atoms with Crippen LogP contribution in [0.15, 0.2) is 12.1 Å². The van der Waals surface area contributed by atoms with Crippen LogP contribution in [0.2, 0.25) is 0 Å². The SMILES string of the molecule is COCC(C)N(C)Cc1ccc(C#CCCO)s1. The third-order valence-corrected chi connectivity index (χ3v) is 3.66. The Kier molecular flexibility index (Phi) is 6.99. The van der Waals surface area contributed by atoms with Crippen molar-refractivity contribution in [1.82, 2.24) is 4.90 Å². The van der Waals surface area contributed by atoms with E-state index in [1.165, 1.54) is 4.88 Å². The molecule has 18 heavy (non-hydrogen) atoms. The summed E-state index contributed by atoms with van der Waals surface area (Å²) in [7, 11) is 3.82. The highest BCUT2D eigenvalue weighted by atomic mass is 32.1. The number of thiophene rings is 1. The highest BCUT2D eigenvalue weighted by molar-refractivity contribution is 7.12. The number of aliphatic hydroxyl groups excluding tert-OH is 1. The van der Waals surface area contributed by atoms with Gasteiger partial charge in [-0.1, -0.05) is 11.8 Å². The van der Waals surface area contributed by atoms with Gasteiger partial charge in [0.25, 0.3) is 0 Å². The number of likely N-dealkylation sites (N-methyl/N-ethyl adjacent to an activating group) is 1. The van der Waals surface area contributed by atoms with Crippen LogP contribution in [-0.4, -0.2) is 43.4 Å². The molecule has 1 rings (SSSR count). The number of hydrogen-bond acceptors (Lipinski definition) is 4. The fraction of sp³-hybridized carbons (Fsp3) is 0.571. The Morgan fingerprint density at radius 3 is 2.94 bits per heavy atom. The molecule has 0 fully saturated rings. The molecule has 0 aliphatic heterocycles. The van der Waals surface area contributed by atoms with E-state index in [-0.39, 0.29) is 6.61 Å². The summed E-state index contributed by atoms with van der Waals surface area (Å²) in [5.74, 6) is 6.00. The first kappa shape index (κ1) is 15.2. The summed E-state index contributed by atoms with van der Waals surface area (Å²) in [6.45, 7) is 3.93. The third kappa shape index (κ3) is 5.19. The van der Waals surface area contributed by atoms with Crippen molar-refractivity contribution < 1.29 is 9.84 Å². The van der Waals surface area contributed by atoms with Gasteiger partial charge in [0.05, 0.1) is 18.1 Å². The van der Waals surface area contributed by atoms with Crippen molar-refractivity contribution in [3.8, 4) is 11.8 Å². The van der Waals surface area contributed by atoms with E-state index in [1.807, 2.05) is 6.07 Å². The minimum Gasteiger partial charge on any atom is -0.395 e. The van der Waals surface area contributed by atoms with Gasteiger partial charge in [0.15, 0.2) is 0 Å². The number of rotatable bonds is 6. The van der Waals surface area contributed by atoms with Crippen molar-refractivity contribution >= 4 is 11.3 Å². The molecule has 3 nitrogen and oxygen atoms in total. The van der Waals surface area contributed by atoms with Crippen LogP contribution in [0.5, 0.6) is 0 Å². The Morgan fingerprint density at radius 2 is 2.28 bits per heavy atom. The minimum atomic E-state index is 0.127. The minimum absolute atomic E-state index is 0.127. The zero-order chi connectivity index (χ0) is 13.4. The largest absolute Gasteiger partial charge is 0.395 e. The molecule has 0 aromatic carbocycles. The first-order chi connectivity index (χ1) is 8.67. The summed E-state index contributed by atoms with van der Waals surface area (Å²) in [5.41, 5.74) is 0. The molecule has 0 aliphatic rings. The van der Waals surface area contributed by atoms with Crippen LogP contribution >= 0.6 is 11.3 Å². The van der Waals surface area contributed by atoms with Gasteiger partial charge in [-0.05, 0) is 26.1 Å². The highest BCUT2D eigenvalue weighted by Gasteiger charge is 2.10. The molecule has 0 spiro atoms. The van der Waals surface area contributed by atoms with Crippen LogP contribution in [-0.2, 0) is 11.3 Å². The van der Waals surface area contributed by atoms with Crippen molar-refractivity contribution in [2.45, 2.75) is 25.9 Å². The van der Waals surface area contributed by atoms with E-state index in [9.17, 15) is 0 Å². The predicted molar refractivity (Wildman–Crippen MR) is 75.7 cm³/mol.